The number of benzene rings is 1. The van der Waals surface area contributed by atoms with Gasteiger partial charge in [-0.25, -0.2) is 4.39 Å². The van der Waals surface area contributed by atoms with Gasteiger partial charge in [0.1, 0.15) is 5.82 Å². The van der Waals surface area contributed by atoms with E-state index in [0.717, 1.165) is 24.1 Å². The van der Waals surface area contributed by atoms with E-state index in [9.17, 15) is 4.39 Å². The number of rotatable bonds is 5. The lowest BCUT2D eigenvalue weighted by Crippen LogP contribution is -2.22. The molecule has 0 radical (unpaired) electrons. The van der Waals surface area contributed by atoms with Crippen molar-refractivity contribution in [3.8, 4) is 0 Å². The first-order chi connectivity index (χ1) is 8.70. The smallest absolute Gasteiger partial charge is 0.123 e. The number of nitrogens with one attached hydrogen (secondary N) is 1. The molecule has 1 aromatic carbocycles. The van der Waals surface area contributed by atoms with Crippen LogP contribution in [0.1, 0.15) is 35.4 Å². The summed E-state index contributed by atoms with van der Waals surface area (Å²) in [6.45, 7) is 4.99. The van der Waals surface area contributed by atoms with Gasteiger partial charge in [-0.1, -0.05) is 19.1 Å². The van der Waals surface area contributed by atoms with Crippen molar-refractivity contribution in [2.75, 3.05) is 6.54 Å². The van der Waals surface area contributed by atoms with E-state index in [-0.39, 0.29) is 11.9 Å². The van der Waals surface area contributed by atoms with E-state index < -0.39 is 0 Å². The zero-order valence-corrected chi connectivity index (χ0v) is 11.6. The number of halogens is 1. The third kappa shape index (κ3) is 3.18. The van der Waals surface area contributed by atoms with Gasteiger partial charge in [-0.05, 0) is 54.6 Å². The Morgan fingerprint density at radius 2 is 2.17 bits per heavy atom. The minimum absolute atomic E-state index is 0.0966. The second-order valence-corrected chi connectivity index (χ2v) is 5.44. The molecule has 0 spiro atoms. The van der Waals surface area contributed by atoms with Crippen LogP contribution in [-0.4, -0.2) is 6.54 Å². The first kappa shape index (κ1) is 13.2. The highest BCUT2D eigenvalue weighted by molar-refractivity contribution is 7.10. The van der Waals surface area contributed by atoms with Crippen LogP contribution in [0.5, 0.6) is 0 Å². The van der Waals surface area contributed by atoms with Gasteiger partial charge in [0.25, 0.3) is 0 Å². The quantitative estimate of drug-likeness (QED) is 0.848. The van der Waals surface area contributed by atoms with Crippen LogP contribution in [0, 0.1) is 12.7 Å². The van der Waals surface area contributed by atoms with Crippen LogP contribution in [0.3, 0.4) is 0 Å². The Balaban J connectivity index is 2.33. The molecule has 0 bridgehead atoms. The zero-order valence-electron chi connectivity index (χ0n) is 10.7. The number of aryl methyl sites for hydroxylation is 1. The monoisotopic (exact) mass is 263 g/mol. The molecule has 0 amide bonds. The molecule has 96 valence electrons. The standard InChI is InChI=1S/C15H18FNS/c1-3-6-17-15(14-5-4-7-18-14)12-8-11(2)9-13(16)10-12/h4-5,7-10,15,17H,3,6H2,1-2H3. The Labute approximate surface area is 112 Å². The summed E-state index contributed by atoms with van der Waals surface area (Å²) in [5.41, 5.74) is 1.97. The van der Waals surface area contributed by atoms with Crippen molar-refractivity contribution in [1.29, 1.82) is 0 Å². The van der Waals surface area contributed by atoms with E-state index in [0.29, 0.717) is 0 Å². The fourth-order valence-corrected chi connectivity index (χ4v) is 2.89. The van der Waals surface area contributed by atoms with Gasteiger partial charge in [0.15, 0.2) is 0 Å². The number of hydrogen-bond donors (Lipinski definition) is 1. The Morgan fingerprint density at radius 3 is 2.78 bits per heavy atom. The van der Waals surface area contributed by atoms with E-state index >= 15 is 0 Å². The second kappa shape index (κ2) is 6.12. The average Bonchev–Trinajstić information content (AvgIpc) is 2.82. The van der Waals surface area contributed by atoms with Gasteiger partial charge in [-0.3, -0.25) is 0 Å². The summed E-state index contributed by atoms with van der Waals surface area (Å²) in [7, 11) is 0. The summed E-state index contributed by atoms with van der Waals surface area (Å²) in [6.07, 6.45) is 1.07. The number of hydrogen-bond acceptors (Lipinski definition) is 2. The molecule has 0 saturated heterocycles. The zero-order chi connectivity index (χ0) is 13.0. The van der Waals surface area contributed by atoms with Gasteiger partial charge < -0.3 is 5.32 Å². The topological polar surface area (TPSA) is 12.0 Å². The molecule has 2 rings (SSSR count). The highest BCUT2D eigenvalue weighted by Gasteiger charge is 2.15. The van der Waals surface area contributed by atoms with Crippen molar-refractivity contribution in [2.45, 2.75) is 26.3 Å². The third-order valence-corrected chi connectivity index (χ3v) is 3.76. The molecule has 0 aliphatic rings. The van der Waals surface area contributed by atoms with Gasteiger partial charge in [-0.2, -0.15) is 0 Å². The first-order valence-corrected chi connectivity index (χ1v) is 7.12. The van der Waals surface area contributed by atoms with Crippen LogP contribution in [0.15, 0.2) is 35.7 Å². The largest absolute Gasteiger partial charge is 0.306 e. The summed E-state index contributed by atoms with van der Waals surface area (Å²) in [5, 5.41) is 5.54. The molecule has 0 aliphatic carbocycles. The van der Waals surface area contributed by atoms with Crippen LogP contribution in [0.4, 0.5) is 4.39 Å². The summed E-state index contributed by atoms with van der Waals surface area (Å²) in [4.78, 5) is 1.23. The Kier molecular flexibility index (Phi) is 4.50. The van der Waals surface area contributed by atoms with Gasteiger partial charge in [0.05, 0.1) is 6.04 Å². The van der Waals surface area contributed by atoms with Crippen LogP contribution in [0.25, 0.3) is 0 Å². The summed E-state index contributed by atoms with van der Waals surface area (Å²) in [5.74, 6) is -0.162. The van der Waals surface area contributed by atoms with E-state index in [1.807, 2.05) is 13.0 Å². The maximum atomic E-state index is 13.5. The molecule has 1 nitrogen and oxygen atoms in total. The van der Waals surface area contributed by atoms with Crippen molar-refractivity contribution in [3.63, 3.8) is 0 Å². The molecule has 1 aromatic heterocycles. The van der Waals surface area contributed by atoms with E-state index in [2.05, 4.69) is 29.8 Å². The fraction of sp³-hybridized carbons (Fsp3) is 0.333. The molecule has 0 fully saturated rings. The minimum atomic E-state index is -0.162. The maximum absolute atomic E-state index is 13.5. The Hall–Kier alpha value is -1.19. The second-order valence-electron chi connectivity index (χ2n) is 4.46. The Bertz CT molecular complexity index is 473. The molecule has 1 unspecified atom stereocenters. The summed E-state index contributed by atoms with van der Waals surface area (Å²) >= 11 is 1.70. The lowest BCUT2D eigenvalue weighted by Gasteiger charge is -2.18. The molecule has 1 atom stereocenters. The van der Waals surface area contributed by atoms with E-state index in [1.54, 1.807) is 23.5 Å². The molecular formula is C15H18FNS. The SMILES string of the molecule is CCCNC(c1cc(C)cc(F)c1)c1cccs1. The third-order valence-electron chi connectivity index (χ3n) is 2.82. The average molecular weight is 263 g/mol. The highest BCUT2D eigenvalue weighted by atomic mass is 32.1. The Morgan fingerprint density at radius 1 is 1.33 bits per heavy atom. The lowest BCUT2D eigenvalue weighted by molar-refractivity contribution is 0.590. The van der Waals surface area contributed by atoms with Crippen molar-refractivity contribution in [3.05, 3.63) is 57.5 Å². The van der Waals surface area contributed by atoms with E-state index in [4.69, 9.17) is 0 Å². The molecule has 3 heteroatoms. The fourth-order valence-electron chi connectivity index (χ4n) is 2.06. The van der Waals surface area contributed by atoms with Crippen molar-refractivity contribution in [2.24, 2.45) is 0 Å². The predicted molar refractivity (Wildman–Crippen MR) is 75.6 cm³/mol. The van der Waals surface area contributed by atoms with Gasteiger partial charge in [0.2, 0.25) is 0 Å². The molecule has 0 aliphatic heterocycles. The molecule has 1 heterocycles. The molecule has 2 aromatic rings. The normalized spacial score (nSPS) is 12.6. The van der Waals surface area contributed by atoms with Crippen LogP contribution in [-0.2, 0) is 0 Å². The number of thiophene rings is 1. The van der Waals surface area contributed by atoms with Gasteiger partial charge in [-0.15, -0.1) is 11.3 Å². The van der Waals surface area contributed by atoms with Gasteiger partial charge >= 0.3 is 0 Å². The van der Waals surface area contributed by atoms with Crippen molar-refractivity contribution >= 4 is 11.3 Å². The van der Waals surface area contributed by atoms with Crippen molar-refractivity contribution in [1.82, 2.24) is 5.32 Å². The van der Waals surface area contributed by atoms with E-state index in [1.165, 1.54) is 4.88 Å². The first-order valence-electron chi connectivity index (χ1n) is 6.24. The summed E-state index contributed by atoms with van der Waals surface area (Å²) in [6, 6.07) is 9.47. The van der Waals surface area contributed by atoms with Gasteiger partial charge in [0, 0.05) is 4.88 Å². The van der Waals surface area contributed by atoms with Crippen LogP contribution in [0.2, 0.25) is 0 Å². The van der Waals surface area contributed by atoms with Crippen LogP contribution < -0.4 is 5.32 Å². The summed E-state index contributed by atoms with van der Waals surface area (Å²) < 4.78 is 13.5. The maximum Gasteiger partial charge on any atom is 0.123 e. The lowest BCUT2D eigenvalue weighted by atomic mass is 10.0. The highest BCUT2D eigenvalue weighted by Crippen LogP contribution is 2.27. The molecular weight excluding hydrogens is 245 g/mol. The van der Waals surface area contributed by atoms with Crippen molar-refractivity contribution < 1.29 is 4.39 Å². The molecule has 1 N–H and O–H groups in total. The minimum Gasteiger partial charge on any atom is -0.306 e. The van der Waals surface area contributed by atoms with Crippen LogP contribution >= 0.6 is 11.3 Å². The molecule has 0 saturated carbocycles. The molecule has 18 heavy (non-hydrogen) atoms. The predicted octanol–water partition coefficient (Wildman–Crippen LogP) is 4.28.